The third kappa shape index (κ3) is 3.87. The molecule has 1 N–H and O–H groups in total. The summed E-state index contributed by atoms with van der Waals surface area (Å²) in [6, 6.07) is 9.25. The van der Waals surface area contributed by atoms with E-state index < -0.39 is 0 Å². The summed E-state index contributed by atoms with van der Waals surface area (Å²) in [6.45, 7) is 7.44. The Bertz CT molecular complexity index is 519. The van der Waals surface area contributed by atoms with Gasteiger partial charge in [-0.25, -0.2) is 0 Å². The largest absolute Gasteiger partial charge is 0.309 e. The zero-order valence-electron chi connectivity index (χ0n) is 12.5. The molecule has 1 aromatic heterocycles. The van der Waals surface area contributed by atoms with Crippen LogP contribution in [0.4, 0.5) is 0 Å². The molecule has 1 atom stereocenters. The van der Waals surface area contributed by atoms with Crippen LogP contribution in [0, 0.1) is 6.92 Å². The van der Waals surface area contributed by atoms with Crippen molar-refractivity contribution < 1.29 is 0 Å². The van der Waals surface area contributed by atoms with E-state index in [2.05, 4.69) is 53.0 Å². The zero-order chi connectivity index (χ0) is 14.4. The molecule has 20 heavy (non-hydrogen) atoms. The SMILES string of the molecule is CCCNC(Cc1ccc(CC)cc1)c1snnc1C. The molecule has 0 amide bonds. The lowest BCUT2D eigenvalue weighted by Crippen LogP contribution is -2.24. The molecule has 0 radical (unpaired) electrons. The molecule has 0 spiro atoms. The lowest BCUT2D eigenvalue weighted by atomic mass is 10.0. The van der Waals surface area contributed by atoms with Crippen LogP contribution in [0.25, 0.3) is 0 Å². The van der Waals surface area contributed by atoms with Crippen molar-refractivity contribution in [3.8, 4) is 0 Å². The van der Waals surface area contributed by atoms with E-state index in [-0.39, 0.29) is 0 Å². The molecule has 3 nitrogen and oxygen atoms in total. The van der Waals surface area contributed by atoms with Gasteiger partial charge in [-0.2, -0.15) is 0 Å². The van der Waals surface area contributed by atoms with Crippen molar-refractivity contribution in [2.24, 2.45) is 0 Å². The second kappa shape index (κ2) is 7.50. The Kier molecular flexibility index (Phi) is 5.68. The third-order valence-corrected chi connectivity index (χ3v) is 4.45. The lowest BCUT2D eigenvalue weighted by Gasteiger charge is -2.17. The molecule has 0 aliphatic carbocycles. The van der Waals surface area contributed by atoms with Gasteiger partial charge < -0.3 is 5.32 Å². The average Bonchev–Trinajstić information content (AvgIpc) is 2.90. The van der Waals surface area contributed by atoms with E-state index in [1.54, 1.807) is 0 Å². The van der Waals surface area contributed by atoms with Crippen LogP contribution in [0.1, 0.15) is 48.0 Å². The molecule has 2 aromatic rings. The highest BCUT2D eigenvalue weighted by atomic mass is 32.1. The monoisotopic (exact) mass is 289 g/mol. The van der Waals surface area contributed by atoms with Gasteiger partial charge in [-0.3, -0.25) is 0 Å². The fourth-order valence-electron chi connectivity index (χ4n) is 2.28. The smallest absolute Gasteiger partial charge is 0.0772 e. The Labute approximate surface area is 125 Å². The van der Waals surface area contributed by atoms with Crippen LogP contribution in [-0.4, -0.2) is 16.1 Å². The van der Waals surface area contributed by atoms with E-state index in [9.17, 15) is 0 Å². The Hall–Kier alpha value is -1.26. The molecule has 108 valence electrons. The van der Waals surface area contributed by atoms with Crippen molar-refractivity contribution >= 4 is 11.5 Å². The zero-order valence-corrected chi connectivity index (χ0v) is 13.3. The summed E-state index contributed by atoms with van der Waals surface area (Å²) in [6.07, 6.45) is 3.22. The summed E-state index contributed by atoms with van der Waals surface area (Å²) < 4.78 is 4.07. The summed E-state index contributed by atoms with van der Waals surface area (Å²) in [5.74, 6) is 0. The fraction of sp³-hybridized carbons (Fsp3) is 0.500. The number of aromatic nitrogens is 2. The van der Waals surface area contributed by atoms with Gasteiger partial charge >= 0.3 is 0 Å². The summed E-state index contributed by atoms with van der Waals surface area (Å²) >= 11 is 1.51. The van der Waals surface area contributed by atoms with Gasteiger partial charge in [0.2, 0.25) is 0 Å². The molecule has 2 rings (SSSR count). The maximum atomic E-state index is 4.14. The third-order valence-electron chi connectivity index (χ3n) is 3.51. The van der Waals surface area contributed by atoms with Crippen LogP contribution >= 0.6 is 11.5 Å². The summed E-state index contributed by atoms with van der Waals surface area (Å²) in [4.78, 5) is 1.26. The standard InChI is InChI=1S/C16H23N3S/c1-4-10-17-15(16-12(3)18-19-20-16)11-14-8-6-13(5-2)7-9-14/h6-9,15,17H,4-5,10-11H2,1-3H3. The summed E-state index contributed by atoms with van der Waals surface area (Å²) in [7, 11) is 0. The molecule has 0 aliphatic heterocycles. The Balaban J connectivity index is 2.12. The molecule has 0 saturated carbocycles. The quantitative estimate of drug-likeness (QED) is 0.844. The molecule has 4 heteroatoms. The van der Waals surface area contributed by atoms with Crippen LogP contribution in [0.15, 0.2) is 24.3 Å². The number of nitrogens with zero attached hydrogens (tertiary/aromatic N) is 2. The van der Waals surface area contributed by atoms with Gasteiger partial charge in [0.05, 0.1) is 10.6 Å². The van der Waals surface area contributed by atoms with E-state index in [0.717, 1.165) is 31.5 Å². The van der Waals surface area contributed by atoms with E-state index in [1.807, 2.05) is 6.92 Å². The second-order valence-corrected chi connectivity index (χ2v) is 5.89. The molecular formula is C16H23N3S. The molecular weight excluding hydrogens is 266 g/mol. The first-order valence-corrected chi connectivity index (χ1v) is 8.12. The maximum absolute atomic E-state index is 4.14. The van der Waals surface area contributed by atoms with E-state index in [0.29, 0.717) is 6.04 Å². The fourth-order valence-corrected chi connectivity index (χ4v) is 3.00. The highest BCUT2D eigenvalue weighted by Crippen LogP contribution is 2.24. The van der Waals surface area contributed by atoms with Crippen molar-refractivity contribution in [3.05, 3.63) is 46.0 Å². The number of aryl methyl sites for hydroxylation is 2. The predicted octanol–water partition coefficient (Wildman–Crippen LogP) is 3.69. The van der Waals surface area contributed by atoms with Gasteiger partial charge in [-0.1, -0.05) is 42.6 Å². The first-order chi connectivity index (χ1) is 9.74. The molecule has 0 bridgehead atoms. The minimum atomic E-state index is 0.322. The topological polar surface area (TPSA) is 37.8 Å². The van der Waals surface area contributed by atoms with Crippen molar-refractivity contribution in [1.82, 2.24) is 14.9 Å². The van der Waals surface area contributed by atoms with Gasteiger partial charge in [0.25, 0.3) is 0 Å². The molecule has 1 aromatic carbocycles. The van der Waals surface area contributed by atoms with Crippen LogP contribution in [0.2, 0.25) is 0 Å². The van der Waals surface area contributed by atoms with Gasteiger partial charge in [0, 0.05) is 6.04 Å². The first-order valence-electron chi connectivity index (χ1n) is 7.34. The minimum absolute atomic E-state index is 0.322. The number of rotatable bonds is 7. The molecule has 0 fully saturated rings. The van der Waals surface area contributed by atoms with Crippen molar-refractivity contribution in [1.29, 1.82) is 0 Å². The predicted molar refractivity (Wildman–Crippen MR) is 85.2 cm³/mol. The molecule has 1 unspecified atom stereocenters. The average molecular weight is 289 g/mol. The van der Waals surface area contributed by atoms with Gasteiger partial charge in [-0.05, 0) is 55.4 Å². The van der Waals surface area contributed by atoms with Crippen LogP contribution in [0.3, 0.4) is 0 Å². The van der Waals surface area contributed by atoms with Crippen molar-refractivity contribution in [2.75, 3.05) is 6.54 Å². The highest BCUT2D eigenvalue weighted by molar-refractivity contribution is 7.05. The number of hydrogen-bond donors (Lipinski definition) is 1. The maximum Gasteiger partial charge on any atom is 0.0772 e. The number of hydrogen-bond acceptors (Lipinski definition) is 4. The minimum Gasteiger partial charge on any atom is -0.309 e. The Morgan fingerprint density at radius 2 is 1.85 bits per heavy atom. The van der Waals surface area contributed by atoms with Crippen molar-refractivity contribution in [3.63, 3.8) is 0 Å². The molecule has 0 aliphatic rings. The van der Waals surface area contributed by atoms with E-state index in [4.69, 9.17) is 0 Å². The van der Waals surface area contributed by atoms with Gasteiger partial charge in [0.15, 0.2) is 0 Å². The number of nitrogens with one attached hydrogen (secondary N) is 1. The normalized spacial score (nSPS) is 12.6. The lowest BCUT2D eigenvalue weighted by molar-refractivity contribution is 0.533. The van der Waals surface area contributed by atoms with Gasteiger partial charge in [0.1, 0.15) is 0 Å². The van der Waals surface area contributed by atoms with Crippen LogP contribution in [-0.2, 0) is 12.8 Å². The Morgan fingerprint density at radius 1 is 1.15 bits per heavy atom. The van der Waals surface area contributed by atoms with Crippen LogP contribution < -0.4 is 5.32 Å². The second-order valence-electron chi connectivity index (χ2n) is 5.10. The summed E-state index contributed by atoms with van der Waals surface area (Å²) in [5.41, 5.74) is 3.81. The molecule has 0 saturated heterocycles. The van der Waals surface area contributed by atoms with Crippen molar-refractivity contribution in [2.45, 2.75) is 46.1 Å². The van der Waals surface area contributed by atoms with Crippen LogP contribution in [0.5, 0.6) is 0 Å². The molecule has 1 heterocycles. The van der Waals surface area contributed by atoms with Gasteiger partial charge in [-0.15, -0.1) is 5.10 Å². The summed E-state index contributed by atoms with van der Waals surface area (Å²) in [5, 5.41) is 7.76. The first kappa shape index (κ1) is 15.1. The van der Waals surface area contributed by atoms with E-state index in [1.165, 1.54) is 27.5 Å². The number of benzene rings is 1. The van der Waals surface area contributed by atoms with E-state index >= 15 is 0 Å². The Morgan fingerprint density at radius 3 is 2.40 bits per heavy atom. The highest BCUT2D eigenvalue weighted by Gasteiger charge is 2.17.